The molecule has 2 atom stereocenters. The lowest BCUT2D eigenvalue weighted by Crippen LogP contribution is -2.69. The molecule has 0 unspecified atom stereocenters. The van der Waals surface area contributed by atoms with E-state index in [4.69, 9.17) is 10.8 Å². The topological polar surface area (TPSA) is 107 Å². The molecule has 2 aliphatic heterocycles. The van der Waals surface area contributed by atoms with Crippen molar-refractivity contribution >= 4 is 47.6 Å². The van der Waals surface area contributed by atoms with Crippen LogP contribution in [-0.4, -0.2) is 77.3 Å². The van der Waals surface area contributed by atoms with Gasteiger partial charge >= 0.3 is 0 Å². The average Bonchev–Trinajstić information content (AvgIpc) is 2.51. The molecule has 3 N–H and O–H groups in total. The summed E-state index contributed by atoms with van der Waals surface area (Å²) in [6.07, 6.45) is 4.37. The van der Waals surface area contributed by atoms with Gasteiger partial charge in [-0.15, -0.1) is 35.7 Å². The monoisotopic (exact) mass is 469 g/mol. The second kappa shape index (κ2) is 8.65. The number of hydrogen-bond acceptors (Lipinski definition) is 6. The van der Waals surface area contributed by atoms with E-state index in [1.807, 2.05) is 20.2 Å². The lowest BCUT2D eigenvalue weighted by Gasteiger charge is -2.49. The van der Waals surface area contributed by atoms with Gasteiger partial charge in [0.25, 0.3) is 0 Å². The lowest BCUT2D eigenvalue weighted by molar-refractivity contribution is -0.884. The van der Waals surface area contributed by atoms with Crippen LogP contribution in [0.1, 0.15) is 6.42 Å². The number of nitrogens with two attached hydrogens (primary N) is 1. The maximum atomic E-state index is 11.8. The van der Waals surface area contributed by atoms with E-state index in [2.05, 4.69) is 0 Å². The van der Waals surface area contributed by atoms with Crippen LogP contribution in [0, 0.1) is 0 Å². The van der Waals surface area contributed by atoms with Crippen LogP contribution in [-0.2, 0) is 9.59 Å². The Morgan fingerprint density at radius 2 is 2.21 bits per heavy atom. The third kappa shape index (κ3) is 4.51. The van der Waals surface area contributed by atoms with Crippen molar-refractivity contribution < 1.29 is 24.3 Å². The van der Waals surface area contributed by atoms with E-state index in [1.165, 1.54) is 16.7 Å². The van der Waals surface area contributed by atoms with Crippen molar-refractivity contribution in [1.29, 1.82) is 0 Å². The molecule has 2 aliphatic rings. The number of rotatable bonds is 7. The Labute approximate surface area is 163 Å². The number of allylic oxidation sites excluding steroid dienone is 1. The highest BCUT2D eigenvalue weighted by atomic mass is 127. The first kappa shape index (κ1) is 21.4. The molecule has 0 spiro atoms. The second-order valence-corrected chi connectivity index (χ2v) is 7.52. The Hall–Kier alpha value is -0.620. The fourth-order valence-corrected chi connectivity index (χ4v) is 3.99. The number of hydrogen-bond donors (Lipinski definition) is 2. The highest BCUT2D eigenvalue weighted by Crippen LogP contribution is 2.39. The van der Waals surface area contributed by atoms with E-state index in [0.29, 0.717) is 28.8 Å². The molecule has 24 heavy (non-hydrogen) atoms. The molecule has 7 nitrogen and oxygen atoms in total. The lowest BCUT2D eigenvalue weighted by atomic mass is 10.0. The minimum absolute atomic E-state index is 0. The van der Waals surface area contributed by atoms with Gasteiger partial charge in [0.2, 0.25) is 5.91 Å². The molecule has 0 saturated carbocycles. The van der Waals surface area contributed by atoms with Gasteiger partial charge in [-0.25, -0.2) is 0 Å². The van der Waals surface area contributed by atoms with Gasteiger partial charge in [-0.3, -0.25) is 9.69 Å². The molecule has 1 amide bonds. The molecule has 0 aromatic heterocycles. The molecule has 2 rings (SSSR count). The van der Waals surface area contributed by atoms with Gasteiger partial charge in [0.05, 0.1) is 38.9 Å². The number of likely N-dealkylation sites (N-methyl/N-ethyl adjacent to an activating group) is 1. The van der Waals surface area contributed by atoms with Crippen LogP contribution in [0.4, 0.5) is 0 Å². The fourth-order valence-electron chi connectivity index (χ4n) is 2.73. The van der Waals surface area contributed by atoms with Crippen molar-refractivity contribution in [3.05, 3.63) is 23.4 Å². The Balaban J connectivity index is 0.00000288. The van der Waals surface area contributed by atoms with Gasteiger partial charge in [0.1, 0.15) is 11.4 Å². The van der Waals surface area contributed by atoms with Gasteiger partial charge in [0.15, 0.2) is 0 Å². The quantitative estimate of drug-likeness (QED) is 0.278. The number of aliphatic carboxylic acids is 1. The molecule has 1 fully saturated rings. The summed E-state index contributed by atoms with van der Waals surface area (Å²) in [5, 5.41) is 20.0. The molecule has 9 heteroatoms. The summed E-state index contributed by atoms with van der Waals surface area (Å²) in [6.45, 7) is 1.68. The summed E-state index contributed by atoms with van der Waals surface area (Å²) in [7, 11) is 4.08. The molecular formula is C15H24IN3O4S. The standard InChI is InChI=1S/C15H23N3O4S.HI/c1-18(2,7-4-8-19)6-3-5-10-9-23-14-11(16)13(20)17(14)12(10)15(21)22;/h3,5,11,14,19H,4,6-9,16H2,1-2H3;1H/b5-3+;/t11-,14-;/m1./s1. The summed E-state index contributed by atoms with van der Waals surface area (Å²) in [5.74, 6) is -1.22. The number of amides is 1. The maximum absolute atomic E-state index is 11.8. The first-order valence-electron chi connectivity index (χ1n) is 7.52. The summed E-state index contributed by atoms with van der Waals surface area (Å²) >= 11 is 1.47. The van der Waals surface area contributed by atoms with Crippen molar-refractivity contribution in [2.75, 3.05) is 39.5 Å². The highest BCUT2D eigenvalue weighted by molar-refractivity contribution is 14.0. The van der Waals surface area contributed by atoms with E-state index in [9.17, 15) is 14.7 Å². The van der Waals surface area contributed by atoms with Gasteiger partial charge in [-0.05, 0) is 11.6 Å². The van der Waals surface area contributed by atoms with E-state index < -0.39 is 12.0 Å². The number of halogens is 1. The Bertz CT molecular complexity index is 565. The Morgan fingerprint density at radius 3 is 2.79 bits per heavy atom. The number of quaternary nitrogens is 1. The van der Waals surface area contributed by atoms with Crippen LogP contribution < -0.4 is 10.8 Å². The maximum Gasteiger partial charge on any atom is 0.248 e. The number of aliphatic hydroxyl groups excluding tert-OH is 1. The van der Waals surface area contributed by atoms with Gasteiger partial charge in [-0.1, -0.05) is 6.08 Å². The fraction of sp³-hybridized carbons (Fsp3) is 0.600. The van der Waals surface area contributed by atoms with Crippen LogP contribution in [0.5, 0.6) is 0 Å². The van der Waals surface area contributed by atoms with Gasteiger partial charge in [-0.2, -0.15) is 0 Å². The number of carbonyl (C=O) groups excluding carboxylic acids is 2. The normalized spacial score (nSPS) is 23.8. The number of β-lactam (4-membered cyclic amide) rings is 1. The van der Waals surface area contributed by atoms with E-state index in [0.717, 1.165) is 6.54 Å². The van der Waals surface area contributed by atoms with Crippen LogP contribution in [0.25, 0.3) is 0 Å². The number of aliphatic hydroxyl groups is 1. The van der Waals surface area contributed by atoms with E-state index >= 15 is 0 Å². The minimum Gasteiger partial charge on any atom is -0.543 e. The minimum atomic E-state index is -1.34. The molecule has 136 valence electrons. The molecular weight excluding hydrogens is 445 g/mol. The van der Waals surface area contributed by atoms with Crippen LogP contribution >= 0.6 is 35.7 Å². The third-order valence-corrected chi connectivity index (χ3v) is 5.40. The summed E-state index contributed by atoms with van der Waals surface area (Å²) in [4.78, 5) is 24.5. The predicted molar refractivity (Wildman–Crippen MR) is 101 cm³/mol. The number of thioether (sulfide) groups is 1. The van der Waals surface area contributed by atoms with Crippen molar-refractivity contribution in [3.63, 3.8) is 0 Å². The van der Waals surface area contributed by atoms with Crippen LogP contribution in [0.2, 0.25) is 0 Å². The predicted octanol–water partition coefficient (Wildman–Crippen LogP) is -1.13. The van der Waals surface area contributed by atoms with Crippen molar-refractivity contribution in [2.24, 2.45) is 5.73 Å². The molecule has 0 radical (unpaired) electrons. The molecule has 0 aromatic rings. The number of carboxylic acid groups (broad SMARTS) is 1. The van der Waals surface area contributed by atoms with E-state index in [1.54, 1.807) is 6.08 Å². The van der Waals surface area contributed by atoms with Crippen LogP contribution in [0.3, 0.4) is 0 Å². The Kier molecular flexibility index (Phi) is 7.73. The second-order valence-electron chi connectivity index (χ2n) is 6.42. The van der Waals surface area contributed by atoms with Crippen molar-refractivity contribution in [2.45, 2.75) is 17.8 Å². The first-order valence-corrected chi connectivity index (χ1v) is 8.57. The van der Waals surface area contributed by atoms with Gasteiger partial charge in [0, 0.05) is 18.8 Å². The molecule has 2 heterocycles. The number of nitrogens with zero attached hydrogens (tertiary/aromatic N) is 2. The molecule has 0 aliphatic carbocycles. The Morgan fingerprint density at radius 1 is 1.54 bits per heavy atom. The zero-order valence-electron chi connectivity index (χ0n) is 13.8. The zero-order valence-corrected chi connectivity index (χ0v) is 17.0. The van der Waals surface area contributed by atoms with Crippen LogP contribution in [0.15, 0.2) is 23.4 Å². The SMILES string of the molecule is C[N+](C)(C/C=C/C1=C(C(=O)[O-])N2C(=O)[C@@H](N)[C@H]2SC1)CCCO.I. The highest BCUT2D eigenvalue weighted by Gasteiger charge is 2.49. The number of fused-ring (bicyclic) bond motifs is 1. The van der Waals surface area contributed by atoms with Gasteiger partial charge < -0.3 is 25.2 Å². The first-order chi connectivity index (χ1) is 10.8. The number of carboxylic acids is 1. The molecule has 1 saturated heterocycles. The summed E-state index contributed by atoms with van der Waals surface area (Å²) in [5.41, 5.74) is 6.22. The number of carbonyl (C=O) groups is 2. The molecule has 0 bridgehead atoms. The molecule has 0 aromatic carbocycles. The smallest absolute Gasteiger partial charge is 0.248 e. The largest absolute Gasteiger partial charge is 0.543 e. The van der Waals surface area contributed by atoms with Crippen molar-refractivity contribution in [1.82, 2.24) is 4.90 Å². The van der Waals surface area contributed by atoms with E-state index in [-0.39, 0.29) is 47.6 Å². The summed E-state index contributed by atoms with van der Waals surface area (Å²) in [6, 6.07) is -0.631. The average molecular weight is 469 g/mol. The van der Waals surface area contributed by atoms with Crippen molar-refractivity contribution in [3.8, 4) is 0 Å². The summed E-state index contributed by atoms with van der Waals surface area (Å²) < 4.78 is 0.689. The third-order valence-electron chi connectivity index (χ3n) is 4.07. The zero-order chi connectivity index (χ0) is 17.2.